The molecule has 1 saturated heterocycles. The van der Waals surface area contributed by atoms with Gasteiger partial charge < -0.3 is 14.4 Å². The van der Waals surface area contributed by atoms with Gasteiger partial charge in [-0.2, -0.15) is 0 Å². The fraction of sp³-hybridized carbons (Fsp3) is 0.294. The molecular formula is C17H16N4O4. The highest BCUT2D eigenvalue weighted by Crippen LogP contribution is 2.36. The summed E-state index contributed by atoms with van der Waals surface area (Å²) in [5.41, 5.74) is 0.695. The minimum absolute atomic E-state index is 0.106. The third kappa shape index (κ3) is 3.10. The van der Waals surface area contributed by atoms with Gasteiger partial charge in [0.05, 0.1) is 5.92 Å². The Bertz CT molecular complexity index is 812. The number of aromatic nitrogens is 2. The Balaban J connectivity index is 1.48. The molecule has 8 nitrogen and oxygen atoms in total. The maximum absolute atomic E-state index is 12.4. The fourth-order valence-corrected chi connectivity index (χ4v) is 2.91. The molecule has 1 aromatic carbocycles. The van der Waals surface area contributed by atoms with Gasteiger partial charge in [0, 0.05) is 37.1 Å². The summed E-state index contributed by atoms with van der Waals surface area (Å²) in [5, 5.41) is 2.64. The van der Waals surface area contributed by atoms with Crippen LogP contribution in [0.3, 0.4) is 0 Å². The molecule has 0 radical (unpaired) electrons. The first-order valence-corrected chi connectivity index (χ1v) is 7.98. The lowest BCUT2D eigenvalue weighted by molar-refractivity contribution is -0.122. The lowest BCUT2D eigenvalue weighted by atomic mass is 10.1. The molecule has 2 aromatic rings. The molecule has 4 rings (SSSR count). The first-order chi connectivity index (χ1) is 12.2. The van der Waals surface area contributed by atoms with Crippen molar-refractivity contribution in [1.29, 1.82) is 0 Å². The number of anilines is 2. The van der Waals surface area contributed by atoms with Crippen LogP contribution in [0.5, 0.6) is 11.5 Å². The molecule has 0 aliphatic carbocycles. The van der Waals surface area contributed by atoms with Gasteiger partial charge in [-0.3, -0.25) is 14.9 Å². The lowest BCUT2D eigenvalue weighted by Crippen LogP contribution is -2.28. The van der Waals surface area contributed by atoms with Crippen molar-refractivity contribution in [2.75, 3.05) is 30.0 Å². The van der Waals surface area contributed by atoms with Crippen molar-refractivity contribution >= 4 is 23.5 Å². The number of hydrogen-bond acceptors (Lipinski definition) is 6. The van der Waals surface area contributed by atoms with Gasteiger partial charge in [-0.25, -0.2) is 9.97 Å². The van der Waals surface area contributed by atoms with Crippen LogP contribution in [0.4, 0.5) is 11.6 Å². The third-order valence-electron chi connectivity index (χ3n) is 4.13. The molecule has 2 aliphatic rings. The number of ether oxygens (including phenoxy) is 2. The van der Waals surface area contributed by atoms with Crippen LogP contribution >= 0.6 is 0 Å². The van der Waals surface area contributed by atoms with E-state index < -0.39 is 5.92 Å². The van der Waals surface area contributed by atoms with Crippen molar-refractivity contribution < 1.29 is 19.1 Å². The van der Waals surface area contributed by atoms with Crippen LogP contribution in [0.1, 0.15) is 6.42 Å². The van der Waals surface area contributed by atoms with E-state index in [0.717, 1.165) is 0 Å². The molecule has 3 heterocycles. The molecule has 0 spiro atoms. The van der Waals surface area contributed by atoms with Crippen LogP contribution in [0.2, 0.25) is 0 Å². The molecule has 1 N–H and O–H groups in total. The fourth-order valence-electron chi connectivity index (χ4n) is 2.91. The predicted octanol–water partition coefficient (Wildman–Crippen LogP) is 1.24. The van der Waals surface area contributed by atoms with E-state index in [2.05, 4.69) is 15.3 Å². The number of fused-ring (bicyclic) bond motifs is 1. The highest BCUT2D eigenvalue weighted by Gasteiger charge is 2.35. The topological polar surface area (TPSA) is 93.7 Å². The summed E-state index contributed by atoms with van der Waals surface area (Å²) in [5.74, 6) is 0.687. The second-order valence-corrected chi connectivity index (χ2v) is 5.80. The van der Waals surface area contributed by atoms with Crippen LogP contribution in [0.25, 0.3) is 0 Å². The molecule has 128 valence electrons. The Morgan fingerprint density at radius 2 is 1.92 bits per heavy atom. The smallest absolute Gasteiger partial charge is 0.232 e. The number of nitrogens with one attached hydrogen (secondary N) is 1. The predicted molar refractivity (Wildman–Crippen MR) is 88.6 cm³/mol. The van der Waals surface area contributed by atoms with E-state index in [1.165, 1.54) is 0 Å². The van der Waals surface area contributed by atoms with E-state index in [1.54, 1.807) is 41.6 Å². The highest BCUT2D eigenvalue weighted by atomic mass is 16.6. The largest absolute Gasteiger partial charge is 0.486 e. The Morgan fingerprint density at radius 3 is 2.72 bits per heavy atom. The Morgan fingerprint density at radius 1 is 1.16 bits per heavy atom. The summed E-state index contributed by atoms with van der Waals surface area (Å²) >= 11 is 0. The number of carbonyl (C=O) groups is 2. The van der Waals surface area contributed by atoms with Gasteiger partial charge in [-0.1, -0.05) is 0 Å². The zero-order chi connectivity index (χ0) is 17.2. The number of carbonyl (C=O) groups excluding carboxylic acids is 2. The third-order valence-corrected chi connectivity index (χ3v) is 4.13. The van der Waals surface area contributed by atoms with Crippen LogP contribution < -0.4 is 19.7 Å². The van der Waals surface area contributed by atoms with Gasteiger partial charge in [0.25, 0.3) is 0 Å². The van der Waals surface area contributed by atoms with Gasteiger partial charge in [0.2, 0.25) is 17.8 Å². The van der Waals surface area contributed by atoms with Gasteiger partial charge in [-0.15, -0.1) is 0 Å². The molecule has 25 heavy (non-hydrogen) atoms. The molecule has 2 amide bonds. The molecule has 8 heteroatoms. The monoisotopic (exact) mass is 340 g/mol. The summed E-state index contributed by atoms with van der Waals surface area (Å²) in [6.07, 6.45) is 3.24. The van der Waals surface area contributed by atoms with Crippen molar-refractivity contribution in [3.05, 3.63) is 36.7 Å². The molecule has 1 atom stereocenters. The maximum Gasteiger partial charge on any atom is 0.232 e. The standard InChI is InChI=1S/C17H16N4O4/c22-15-8-11(16(23)20-17-18-4-1-5-19-17)10-21(15)12-2-3-13-14(9-12)25-7-6-24-13/h1-5,9,11H,6-8,10H2,(H,18,19,20,23). The molecule has 0 bridgehead atoms. The van der Waals surface area contributed by atoms with Crippen molar-refractivity contribution in [3.63, 3.8) is 0 Å². The Labute approximate surface area is 143 Å². The van der Waals surface area contributed by atoms with E-state index >= 15 is 0 Å². The second-order valence-electron chi connectivity index (χ2n) is 5.80. The van der Waals surface area contributed by atoms with Crippen LogP contribution in [-0.2, 0) is 9.59 Å². The normalized spacial score (nSPS) is 19.0. The van der Waals surface area contributed by atoms with Gasteiger partial charge in [0.15, 0.2) is 11.5 Å². The van der Waals surface area contributed by atoms with Crippen molar-refractivity contribution in [1.82, 2.24) is 9.97 Å². The quantitative estimate of drug-likeness (QED) is 0.903. The van der Waals surface area contributed by atoms with Crippen molar-refractivity contribution in [2.24, 2.45) is 5.92 Å². The molecular weight excluding hydrogens is 324 g/mol. The molecule has 0 saturated carbocycles. The zero-order valence-corrected chi connectivity index (χ0v) is 13.3. The number of benzene rings is 1. The van der Waals surface area contributed by atoms with Crippen molar-refractivity contribution in [2.45, 2.75) is 6.42 Å². The summed E-state index contributed by atoms with van der Waals surface area (Å²) in [7, 11) is 0. The van der Waals surface area contributed by atoms with Gasteiger partial charge in [-0.05, 0) is 18.2 Å². The van der Waals surface area contributed by atoms with Crippen molar-refractivity contribution in [3.8, 4) is 11.5 Å². The summed E-state index contributed by atoms with van der Waals surface area (Å²) < 4.78 is 11.0. The minimum Gasteiger partial charge on any atom is -0.486 e. The SMILES string of the molecule is O=C(Nc1ncccn1)C1CC(=O)N(c2ccc3c(c2)OCCO3)C1. The van der Waals surface area contributed by atoms with Crippen LogP contribution in [0, 0.1) is 5.92 Å². The van der Waals surface area contributed by atoms with Crippen LogP contribution in [0.15, 0.2) is 36.7 Å². The average molecular weight is 340 g/mol. The van der Waals surface area contributed by atoms with Gasteiger partial charge >= 0.3 is 0 Å². The highest BCUT2D eigenvalue weighted by molar-refractivity contribution is 6.03. The summed E-state index contributed by atoms with van der Waals surface area (Å²) in [6, 6.07) is 7.01. The number of nitrogens with zero attached hydrogens (tertiary/aromatic N) is 3. The van der Waals surface area contributed by atoms with E-state index in [0.29, 0.717) is 36.9 Å². The molecule has 1 aromatic heterocycles. The molecule has 2 aliphatic heterocycles. The van der Waals surface area contributed by atoms with E-state index in [4.69, 9.17) is 9.47 Å². The maximum atomic E-state index is 12.4. The summed E-state index contributed by atoms with van der Waals surface area (Å²) in [6.45, 7) is 1.29. The van der Waals surface area contributed by atoms with E-state index in [-0.39, 0.29) is 24.2 Å². The number of rotatable bonds is 3. The summed E-state index contributed by atoms with van der Waals surface area (Å²) in [4.78, 5) is 34.2. The van der Waals surface area contributed by atoms with Crippen LogP contribution in [-0.4, -0.2) is 41.5 Å². The second kappa shape index (κ2) is 6.39. The van der Waals surface area contributed by atoms with E-state index in [1.807, 2.05) is 0 Å². The molecule has 1 unspecified atom stereocenters. The van der Waals surface area contributed by atoms with E-state index in [9.17, 15) is 9.59 Å². The minimum atomic E-state index is -0.454. The molecule has 1 fully saturated rings. The Kier molecular flexibility index (Phi) is 3.93. The van der Waals surface area contributed by atoms with Gasteiger partial charge in [0.1, 0.15) is 13.2 Å². The first kappa shape index (κ1) is 15.4. The lowest BCUT2D eigenvalue weighted by Gasteiger charge is -2.22. The zero-order valence-electron chi connectivity index (χ0n) is 13.3. The number of hydrogen-bond donors (Lipinski definition) is 1. The average Bonchev–Trinajstić information content (AvgIpc) is 3.04. The Hall–Kier alpha value is -3.16. The first-order valence-electron chi connectivity index (χ1n) is 7.98. The number of amides is 2.